The predicted octanol–water partition coefficient (Wildman–Crippen LogP) is 3.10. The highest BCUT2D eigenvalue weighted by Gasteiger charge is 2.20. The normalized spacial score (nSPS) is 14.3. The number of hydrogen-bond donors (Lipinski definition) is 1. The first-order valence-corrected chi connectivity index (χ1v) is 7.65. The fraction of sp³-hybridized carbons (Fsp3) is 0.368. The molecule has 0 saturated heterocycles. The molecule has 0 heterocycles. The second kappa shape index (κ2) is 8.08. The molecule has 3 nitrogen and oxygen atoms in total. The third-order valence-corrected chi connectivity index (χ3v) is 4.01. The summed E-state index contributed by atoms with van der Waals surface area (Å²) >= 11 is 0. The minimum atomic E-state index is -0.523. The van der Waals surface area contributed by atoms with E-state index in [4.69, 9.17) is 4.74 Å². The molecule has 0 aliphatic rings. The Bertz CT molecular complexity index is 502. The molecule has 2 aromatic rings. The van der Waals surface area contributed by atoms with E-state index in [1.54, 1.807) is 0 Å². The molecule has 0 aliphatic carbocycles. The molecule has 0 amide bonds. The zero-order chi connectivity index (χ0) is 15.9. The van der Waals surface area contributed by atoms with E-state index in [9.17, 15) is 5.11 Å². The average Bonchev–Trinajstić information content (AvgIpc) is 2.56. The third kappa shape index (κ3) is 4.41. The number of nitrogens with zero attached hydrogens (tertiary/aromatic N) is 1. The van der Waals surface area contributed by atoms with Crippen LogP contribution in [-0.2, 0) is 4.74 Å². The van der Waals surface area contributed by atoms with E-state index >= 15 is 0 Å². The van der Waals surface area contributed by atoms with E-state index in [0.29, 0.717) is 6.61 Å². The highest BCUT2D eigenvalue weighted by Crippen LogP contribution is 2.26. The van der Waals surface area contributed by atoms with Crippen molar-refractivity contribution in [1.82, 2.24) is 4.90 Å². The topological polar surface area (TPSA) is 32.7 Å². The van der Waals surface area contributed by atoms with Gasteiger partial charge in [0.25, 0.3) is 0 Å². The fourth-order valence-corrected chi connectivity index (χ4v) is 2.32. The van der Waals surface area contributed by atoms with Crippen LogP contribution in [0.15, 0.2) is 60.7 Å². The molecule has 1 N–H and O–H groups in total. The lowest BCUT2D eigenvalue weighted by atomic mass is 10.0. The first-order chi connectivity index (χ1) is 10.6. The highest BCUT2D eigenvalue weighted by molar-refractivity contribution is 5.29. The molecule has 2 rings (SSSR count). The van der Waals surface area contributed by atoms with Gasteiger partial charge >= 0.3 is 0 Å². The Balaban J connectivity index is 2.13. The monoisotopic (exact) mass is 299 g/mol. The Morgan fingerprint density at radius 3 is 1.77 bits per heavy atom. The number of likely N-dealkylation sites (N-methyl/N-ethyl adjacent to an activating group) is 1. The van der Waals surface area contributed by atoms with Crippen molar-refractivity contribution < 1.29 is 9.84 Å². The maximum atomic E-state index is 10.3. The molecule has 2 atom stereocenters. The van der Waals surface area contributed by atoms with E-state index in [0.717, 1.165) is 11.1 Å². The van der Waals surface area contributed by atoms with Gasteiger partial charge in [0.05, 0.1) is 12.7 Å². The largest absolute Gasteiger partial charge is 0.389 e. The van der Waals surface area contributed by atoms with Crippen molar-refractivity contribution in [2.45, 2.75) is 25.2 Å². The Morgan fingerprint density at radius 1 is 0.909 bits per heavy atom. The van der Waals surface area contributed by atoms with Crippen molar-refractivity contribution in [3.8, 4) is 0 Å². The molecular formula is C19H25NO2. The summed E-state index contributed by atoms with van der Waals surface area (Å²) in [5.74, 6) is 0. The molecule has 0 saturated carbocycles. The maximum absolute atomic E-state index is 10.3. The first-order valence-electron chi connectivity index (χ1n) is 7.65. The minimum Gasteiger partial charge on any atom is -0.389 e. The zero-order valence-corrected chi connectivity index (χ0v) is 13.5. The van der Waals surface area contributed by atoms with Crippen LogP contribution in [-0.4, -0.2) is 42.9 Å². The van der Waals surface area contributed by atoms with Crippen LogP contribution in [0.25, 0.3) is 0 Å². The molecule has 118 valence electrons. The summed E-state index contributed by atoms with van der Waals surface area (Å²) < 4.78 is 6.07. The van der Waals surface area contributed by atoms with Crippen molar-refractivity contribution in [3.63, 3.8) is 0 Å². The average molecular weight is 299 g/mol. The Hall–Kier alpha value is -1.68. The van der Waals surface area contributed by atoms with Crippen LogP contribution >= 0.6 is 0 Å². The van der Waals surface area contributed by atoms with E-state index in [1.807, 2.05) is 62.3 Å². The number of aliphatic hydroxyl groups excluding tert-OH is 1. The summed E-state index contributed by atoms with van der Waals surface area (Å²) in [5, 5.41) is 10.3. The van der Waals surface area contributed by atoms with Gasteiger partial charge in [0.1, 0.15) is 6.10 Å². The lowest BCUT2D eigenvalue weighted by molar-refractivity contribution is -0.0232. The second-order valence-electron chi connectivity index (χ2n) is 5.81. The predicted molar refractivity (Wildman–Crippen MR) is 89.8 cm³/mol. The molecule has 0 unspecified atom stereocenters. The third-order valence-electron chi connectivity index (χ3n) is 4.01. The Kier molecular flexibility index (Phi) is 6.13. The van der Waals surface area contributed by atoms with Gasteiger partial charge in [0, 0.05) is 6.04 Å². The summed E-state index contributed by atoms with van der Waals surface area (Å²) in [6, 6.07) is 20.3. The van der Waals surface area contributed by atoms with Crippen LogP contribution in [0.1, 0.15) is 24.2 Å². The summed E-state index contributed by atoms with van der Waals surface area (Å²) in [6.07, 6.45) is -0.684. The van der Waals surface area contributed by atoms with E-state index < -0.39 is 6.10 Å². The van der Waals surface area contributed by atoms with E-state index in [-0.39, 0.29) is 12.1 Å². The molecule has 0 bridgehead atoms. The van der Waals surface area contributed by atoms with Crippen molar-refractivity contribution in [3.05, 3.63) is 71.8 Å². The van der Waals surface area contributed by atoms with Crippen molar-refractivity contribution in [2.75, 3.05) is 20.7 Å². The molecular weight excluding hydrogens is 274 g/mol. The van der Waals surface area contributed by atoms with Gasteiger partial charge in [-0.15, -0.1) is 0 Å². The fourth-order valence-electron chi connectivity index (χ4n) is 2.32. The summed E-state index contributed by atoms with van der Waals surface area (Å²) in [4.78, 5) is 1.99. The second-order valence-corrected chi connectivity index (χ2v) is 5.81. The molecule has 0 aromatic heterocycles. The van der Waals surface area contributed by atoms with Gasteiger partial charge in [-0.3, -0.25) is 0 Å². The molecule has 0 aliphatic heterocycles. The first kappa shape index (κ1) is 16.7. The molecule has 22 heavy (non-hydrogen) atoms. The molecule has 3 heteroatoms. The van der Waals surface area contributed by atoms with Crippen LogP contribution in [0, 0.1) is 0 Å². The highest BCUT2D eigenvalue weighted by atomic mass is 16.5. The number of ether oxygens (including phenoxy) is 1. The van der Waals surface area contributed by atoms with E-state index in [2.05, 4.69) is 24.3 Å². The maximum Gasteiger partial charge on any atom is 0.108 e. The van der Waals surface area contributed by atoms with Crippen LogP contribution in [0.4, 0.5) is 0 Å². The van der Waals surface area contributed by atoms with Crippen LogP contribution in [0.3, 0.4) is 0 Å². The number of rotatable bonds is 7. The lowest BCUT2D eigenvalue weighted by Crippen LogP contribution is -2.39. The summed E-state index contributed by atoms with van der Waals surface area (Å²) in [7, 11) is 3.92. The van der Waals surface area contributed by atoms with Crippen LogP contribution < -0.4 is 0 Å². The van der Waals surface area contributed by atoms with Crippen LogP contribution in [0.5, 0.6) is 0 Å². The van der Waals surface area contributed by atoms with Crippen molar-refractivity contribution >= 4 is 0 Å². The van der Waals surface area contributed by atoms with Gasteiger partial charge in [-0.2, -0.15) is 0 Å². The van der Waals surface area contributed by atoms with Crippen molar-refractivity contribution in [1.29, 1.82) is 0 Å². The zero-order valence-electron chi connectivity index (χ0n) is 13.5. The lowest BCUT2D eigenvalue weighted by Gasteiger charge is -2.27. The molecule has 0 spiro atoms. The van der Waals surface area contributed by atoms with E-state index in [1.165, 1.54) is 0 Å². The van der Waals surface area contributed by atoms with Gasteiger partial charge in [-0.25, -0.2) is 0 Å². The quantitative estimate of drug-likeness (QED) is 0.852. The van der Waals surface area contributed by atoms with Gasteiger partial charge in [0.15, 0.2) is 0 Å². The standard InChI is InChI=1S/C19H25NO2/c1-15(20(2)3)18(21)14-22-19(16-10-6-4-7-11-16)17-12-8-5-9-13-17/h4-13,15,18-19,21H,14H2,1-3H3/t15-,18+/m1/s1. The number of benzene rings is 2. The van der Waals surface area contributed by atoms with Gasteiger partial charge in [0.2, 0.25) is 0 Å². The number of aliphatic hydroxyl groups is 1. The summed E-state index contributed by atoms with van der Waals surface area (Å²) in [5.41, 5.74) is 2.19. The molecule has 0 fully saturated rings. The van der Waals surface area contributed by atoms with Crippen molar-refractivity contribution in [2.24, 2.45) is 0 Å². The smallest absolute Gasteiger partial charge is 0.108 e. The van der Waals surface area contributed by atoms with Gasteiger partial charge in [-0.05, 0) is 32.1 Å². The Morgan fingerprint density at radius 2 is 1.36 bits per heavy atom. The minimum absolute atomic E-state index is 0.0483. The molecule has 2 aromatic carbocycles. The summed E-state index contributed by atoms with van der Waals surface area (Å²) in [6.45, 7) is 2.29. The Labute approximate surface area is 133 Å². The van der Waals surface area contributed by atoms with Gasteiger partial charge in [-0.1, -0.05) is 60.7 Å². The van der Waals surface area contributed by atoms with Crippen LogP contribution in [0.2, 0.25) is 0 Å². The molecule has 0 radical (unpaired) electrons. The SMILES string of the molecule is C[C@H]([C@@H](O)COC(c1ccccc1)c1ccccc1)N(C)C. The van der Waals surface area contributed by atoms with Gasteiger partial charge < -0.3 is 14.7 Å². The number of hydrogen-bond acceptors (Lipinski definition) is 3.